The van der Waals surface area contributed by atoms with E-state index in [-0.39, 0.29) is 6.54 Å². The maximum absolute atomic E-state index is 10.5. The first-order chi connectivity index (χ1) is 10.6. The number of aliphatic imine (C=N–C) groups is 1. The zero-order chi connectivity index (χ0) is 15.7. The molecule has 0 bridgehead atoms. The summed E-state index contributed by atoms with van der Waals surface area (Å²) in [7, 11) is 1.64. The van der Waals surface area contributed by atoms with Crippen LogP contribution < -0.4 is 10.6 Å². The highest BCUT2D eigenvalue weighted by Gasteiger charge is 2.19. The number of hydroxylamine groups is 2. The first-order valence-corrected chi connectivity index (χ1v) is 7.41. The van der Waals surface area contributed by atoms with Crippen LogP contribution in [0.15, 0.2) is 52.4 Å². The van der Waals surface area contributed by atoms with Crippen molar-refractivity contribution in [2.75, 3.05) is 13.6 Å². The Kier molecular flexibility index (Phi) is 4.16. The van der Waals surface area contributed by atoms with Crippen molar-refractivity contribution in [3.05, 3.63) is 68.6 Å². The molecule has 3 rings (SSSR count). The van der Waals surface area contributed by atoms with Crippen molar-refractivity contribution >= 4 is 34.7 Å². The number of fused-ring (bicyclic) bond motifs is 1. The lowest BCUT2D eigenvalue weighted by atomic mass is 10.1. The van der Waals surface area contributed by atoms with Crippen LogP contribution in [0.25, 0.3) is 5.70 Å². The van der Waals surface area contributed by atoms with Gasteiger partial charge in [-0.15, -0.1) is 0 Å². The van der Waals surface area contributed by atoms with Gasteiger partial charge in [-0.3, -0.25) is 10.2 Å². The Balaban J connectivity index is 2.45. The van der Waals surface area contributed by atoms with Gasteiger partial charge in [0.2, 0.25) is 0 Å². The third-order valence-electron chi connectivity index (χ3n) is 3.40. The summed E-state index contributed by atoms with van der Waals surface area (Å²) < 4.78 is 0. The molecule has 1 aliphatic heterocycles. The van der Waals surface area contributed by atoms with Crippen molar-refractivity contribution in [1.29, 1.82) is 0 Å². The van der Waals surface area contributed by atoms with Gasteiger partial charge in [0.05, 0.1) is 11.1 Å². The van der Waals surface area contributed by atoms with Crippen LogP contribution in [-0.4, -0.2) is 29.7 Å². The van der Waals surface area contributed by atoms with Crippen LogP contribution in [0.1, 0.15) is 5.56 Å². The second-order valence-corrected chi connectivity index (χ2v) is 5.64. The normalized spacial score (nSPS) is 16.3. The molecular weight excluding hydrogens is 321 g/mol. The largest absolute Gasteiger partial charge is 0.288 e. The number of amidine groups is 1. The highest BCUT2D eigenvalue weighted by Crippen LogP contribution is 2.24. The Morgan fingerprint density at radius 2 is 1.95 bits per heavy atom. The first-order valence-electron chi connectivity index (χ1n) is 6.65. The van der Waals surface area contributed by atoms with Gasteiger partial charge in [-0.2, -0.15) is 0 Å². The maximum Gasteiger partial charge on any atom is 0.145 e. The molecule has 22 heavy (non-hydrogen) atoms. The van der Waals surface area contributed by atoms with E-state index in [1.54, 1.807) is 31.3 Å². The van der Waals surface area contributed by atoms with E-state index in [0.29, 0.717) is 37.7 Å². The SMILES string of the molecule is CN=C1CN(O)C(c2ccccc2Cl)=c2cc(Cl)ccc2=N1. The van der Waals surface area contributed by atoms with Gasteiger partial charge in [-0.05, 0) is 24.3 Å². The van der Waals surface area contributed by atoms with Gasteiger partial charge in [0, 0.05) is 27.9 Å². The molecule has 0 atom stereocenters. The van der Waals surface area contributed by atoms with Crippen LogP contribution in [-0.2, 0) is 0 Å². The Morgan fingerprint density at radius 3 is 2.68 bits per heavy atom. The molecule has 6 heteroatoms. The van der Waals surface area contributed by atoms with E-state index in [0.717, 1.165) is 5.06 Å². The molecule has 2 aromatic rings. The minimum atomic E-state index is 0.170. The zero-order valence-electron chi connectivity index (χ0n) is 11.8. The number of halogens is 2. The van der Waals surface area contributed by atoms with Gasteiger partial charge < -0.3 is 0 Å². The zero-order valence-corrected chi connectivity index (χ0v) is 13.3. The fourth-order valence-electron chi connectivity index (χ4n) is 2.38. The highest BCUT2D eigenvalue weighted by molar-refractivity contribution is 6.32. The third-order valence-corrected chi connectivity index (χ3v) is 3.96. The molecule has 0 unspecified atom stereocenters. The van der Waals surface area contributed by atoms with Crippen LogP contribution in [0.5, 0.6) is 0 Å². The Bertz CT molecular complexity index is 877. The highest BCUT2D eigenvalue weighted by atomic mass is 35.5. The molecule has 0 saturated carbocycles. The van der Waals surface area contributed by atoms with E-state index in [2.05, 4.69) is 9.98 Å². The lowest BCUT2D eigenvalue weighted by Crippen LogP contribution is -2.32. The van der Waals surface area contributed by atoms with E-state index >= 15 is 0 Å². The van der Waals surface area contributed by atoms with Crippen molar-refractivity contribution in [3.8, 4) is 0 Å². The summed E-state index contributed by atoms with van der Waals surface area (Å²) in [6.45, 7) is 0.170. The van der Waals surface area contributed by atoms with E-state index in [4.69, 9.17) is 23.2 Å². The lowest BCUT2D eigenvalue weighted by molar-refractivity contribution is -0.0119. The molecule has 0 fully saturated rings. The third kappa shape index (κ3) is 2.73. The van der Waals surface area contributed by atoms with Crippen molar-refractivity contribution in [3.63, 3.8) is 0 Å². The summed E-state index contributed by atoms with van der Waals surface area (Å²) in [5.41, 5.74) is 1.27. The van der Waals surface area contributed by atoms with Crippen LogP contribution >= 0.6 is 23.2 Å². The minimum Gasteiger partial charge on any atom is -0.288 e. The van der Waals surface area contributed by atoms with Crippen molar-refractivity contribution in [1.82, 2.24) is 5.06 Å². The number of rotatable bonds is 1. The molecule has 1 N–H and O–H groups in total. The van der Waals surface area contributed by atoms with E-state index in [1.807, 2.05) is 18.2 Å². The second kappa shape index (κ2) is 6.08. The minimum absolute atomic E-state index is 0.170. The fraction of sp³-hybridized carbons (Fsp3) is 0.125. The van der Waals surface area contributed by atoms with Gasteiger partial charge in [0.1, 0.15) is 12.4 Å². The molecule has 1 heterocycles. The van der Waals surface area contributed by atoms with Gasteiger partial charge in [-0.25, -0.2) is 10.1 Å². The van der Waals surface area contributed by atoms with Gasteiger partial charge in [-0.1, -0.05) is 41.4 Å². The molecule has 0 amide bonds. The van der Waals surface area contributed by atoms with Crippen LogP contribution in [0.4, 0.5) is 0 Å². The number of nitrogens with zero attached hydrogens (tertiary/aromatic N) is 3. The smallest absolute Gasteiger partial charge is 0.145 e. The molecule has 4 nitrogen and oxygen atoms in total. The fourth-order valence-corrected chi connectivity index (χ4v) is 2.78. The van der Waals surface area contributed by atoms with Crippen molar-refractivity contribution < 1.29 is 5.21 Å². The Morgan fingerprint density at radius 1 is 1.18 bits per heavy atom. The Hall–Kier alpha value is -1.88. The predicted octanol–water partition coefficient (Wildman–Crippen LogP) is 2.50. The predicted molar refractivity (Wildman–Crippen MR) is 88.0 cm³/mol. The van der Waals surface area contributed by atoms with Crippen LogP contribution in [0.2, 0.25) is 10.0 Å². The molecule has 2 aromatic carbocycles. The van der Waals surface area contributed by atoms with Crippen LogP contribution in [0.3, 0.4) is 0 Å². The number of benzene rings is 2. The molecule has 112 valence electrons. The lowest BCUT2D eigenvalue weighted by Gasteiger charge is -2.20. The molecule has 0 saturated heterocycles. The summed E-state index contributed by atoms with van der Waals surface area (Å²) in [5.74, 6) is 0.521. The first kappa shape index (κ1) is 15.0. The average Bonchev–Trinajstić information content (AvgIpc) is 2.64. The van der Waals surface area contributed by atoms with Gasteiger partial charge in [0.15, 0.2) is 0 Å². The summed E-state index contributed by atoms with van der Waals surface area (Å²) in [5, 5.41) is 14.1. The average molecular weight is 334 g/mol. The summed E-state index contributed by atoms with van der Waals surface area (Å²) in [6, 6.07) is 12.7. The summed E-state index contributed by atoms with van der Waals surface area (Å²) in [6.07, 6.45) is 0. The molecule has 0 spiro atoms. The van der Waals surface area contributed by atoms with Gasteiger partial charge in [0.25, 0.3) is 0 Å². The molecule has 0 aromatic heterocycles. The quantitative estimate of drug-likeness (QED) is 0.871. The van der Waals surface area contributed by atoms with Crippen molar-refractivity contribution in [2.45, 2.75) is 0 Å². The molecule has 0 radical (unpaired) electrons. The summed E-state index contributed by atoms with van der Waals surface area (Å²) >= 11 is 12.4. The summed E-state index contributed by atoms with van der Waals surface area (Å²) in [4.78, 5) is 8.58. The molecule has 0 aliphatic carbocycles. The standard InChI is InChI=1S/C16H13Cl2N3O/c1-19-15-9-21(22)16(11-4-2-3-5-13(11)18)12-8-10(17)6-7-14(12)20-15/h2-8,22H,9H2,1H3. The van der Waals surface area contributed by atoms with E-state index in [1.165, 1.54) is 0 Å². The van der Waals surface area contributed by atoms with E-state index < -0.39 is 0 Å². The topological polar surface area (TPSA) is 48.2 Å². The monoisotopic (exact) mass is 333 g/mol. The van der Waals surface area contributed by atoms with Crippen molar-refractivity contribution in [2.24, 2.45) is 9.98 Å². The Labute approximate surface area is 137 Å². The maximum atomic E-state index is 10.5. The number of hydrogen-bond acceptors (Lipinski definition) is 3. The van der Waals surface area contributed by atoms with E-state index in [9.17, 15) is 5.21 Å². The second-order valence-electron chi connectivity index (χ2n) is 4.80. The molecule has 1 aliphatic rings. The van der Waals surface area contributed by atoms with Crippen LogP contribution in [0, 0.1) is 0 Å². The van der Waals surface area contributed by atoms with Gasteiger partial charge >= 0.3 is 0 Å². The number of hydrogen-bond donors (Lipinski definition) is 1. The molecular formula is C16H13Cl2N3O.